The third-order valence-corrected chi connectivity index (χ3v) is 5.45. The summed E-state index contributed by atoms with van der Waals surface area (Å²) in [7, 11) is 0. The number of nitrogens with one attached hydrogen (secondary N) is 1. The molecule has 3 heterocycles. The lowest BCUT2D eigenvalue weighted by Gasteiger charge is -2.23. The third kappa shape index (κ3) is 3.55. The van der Waals surface area contributed by atoms with E-state index in [1.54, 1.807) is 21.7 Å². The highest BCUT2D eigenvalue weighted by molar-refractivity contribution is 7.07. The predicted octanol–water partition coefficient (Wildman–Crippen LogP) is 3.60. The number of hydrogen-bond acceptors (Lipinski definition) is 6. The fourth-order valence-electron chi connectivity index (χ4n) is 3.42. The summed E-state index contributed by atoms with van der Waals surface area (Å²) in [5.74, 6) is 0.115. The van der Waals surface area contributed by atoms with Gasteiger partial charge in [0.1, 0.15) is 11.8 Å². The fourth-order valence-corrected chi connectivity index (χ4v) is 3.98. The van der Waals surface area contributed by atoms with Gasteiger partial charge in [-0.15, -0.1) is 11.3 Å². The number of nitrogens with zero attached hydrogens (tertiary/aromatic N) is 3. The maximum absolute atomic E-state index is 12.8. The Kier molecular flexibility index (Phi) is 5.21. The first kappa shape index (κ1) is 18.4. The molecule has 0 bridgehead atoms. The van der Waals surface area contributed by atoms with Crippen LogP contribution in [0.4, 0.5) is 5.69 Å². The molecule has 8 heteroatoms. The SMILES string of the molecule is CCc1ocnc1C(=O)N1CCCC1C(=O)Nc1ccc(-c2cscn2)cc1. The molecule has 0 spiro atoms. The molecule has 1 unspecified atom stereocenters. The van der Waals surface area contributed by atoms with Gasteiger partial charge in [0.2, 0.25) is 5.91 Å². The Morgan fingerprint density at radius 3 is 2.82 bits per heavy atom. The standard InChI is InChI=1S/C20H20N4O3S/c1-2-17-18(21-11-27-17)20(26)24-9-3-4-16(24)19(25)23-14-7-5-13(6-8-14)15-10-28-12-22-15/h5-8,10-12,16H,2-4,9H2,1H3,(H,23,25). The second kappa shape index (κ2) is 7.93. The van der Waals surface area contributed by atoms with E-state index in [0.29, 0.717) is 36.5 Å². The number of likely N-dealkylation sites (tertiary alicyclic amines) is 1. The van der Waals surface area contributed by atoms with Crippen LogP contribution in [0.5, 0.6) is 0 Å². The van der Waals surface area contributed by atoms with Crippen molar-refractivity contribution in [1.82, 2.24) is 14.9 Å². The quantitative estimate of drug-likeness (QED) is 0.712. The van der Waals surface area contributed by atoms with E-state index in [4.69, 9.17) is 4.42 Å². The Bertz CT molecular complexity index is 966. The van der Waals surface area contributed by atoms with Crippen molar-refractivity contribution < 1.29 is 14.0 Å². The van der Waals surface area contributed by atoms with E-state index < -0.39 is 6.04 Å². The van der Waals surface area contributed by atoms with Gasteiger partial charge in [-0.3, -0.25) is 9.59 Å². The van der Waals surface area contributed by atoms with Crippen LogP contribution >= 0.6 is 11.3 Å². The maximum Gasteiger partial charge on any atom is 0.276 e. The van der Waals surface area contributed by atoms with Crippen LogP contribution in [-0.2, 0) is 11.2 Å². The highest BCUT2D eigenvalue weighted by Gasteiger charge is 2.36. The molecule has 0 saturated carbocycles. The topological polar surface area (TPSA) is 88.3 Å². The average Bonchev–Trinajstić information content (AvgIpc) is 3.49. The molecule has 4 rings (SSSR count). The maximum atomic E-state index is 12.8. The zero-order valence-corrected chi connectivity index (χ0v) is 16.2. The van der Waals surface area contributed by atoms with Crippen LogP contribution in [0.15, 0.2) is 46.0 Å². The molecule has 1 saturated heterocycles. The normalized spacial score (nSPS) is 16.3. The van der Waals surface area contributed by atoms with E-state index in [9.17, 15) is 9.59 Å². The second-order valence-corrected chi connectivity index (χ2v) is 7.29. The Morgan fingerprint density at radius 1 is 1.29 bits per heavy atom. The molecule has 1 fully saturated rings. The molecule has 2 amide bonds. The van der Waals surface area contributed by atoms with Crippen molar-refractivity contribution in [3.63, 3.8) is 0 Å². The molecule has 1 aromatic carbocycles. The smallest absolute Gasteiger partial charge is 0.276 e. The zero-order chi connectivity index (χ0) is 19.5. The molecule has 1 N–H and O–H groups in total. The van der Waals surface area contributed by atoms with Crippen molar-refractivity contribution in [2.24, 2.45) is 0 Å². The van der Waals surface area contributed by atoms with Crippen molar-refractivity contribution >= 4 is 28.8 Å². The van der Waals surface area contributed by atoms with Gasteiger partial charge in [-0.25, -0.2) is 9.97 Å². The minimum Gasteiger partial charge on any atom is -0.448 e. The number of anilines is 1. The highest BCUT2D eigenvalue weighted by atomic mass is 32.1. The van der Waals surface area contributed by atoms with Gasteiger partial charge in [0.25, 0.3) is 5.91 Å². The van der Waals surface area contributed by atoms with Gasteiger partial charge in [0.05, 0.1) is 11.2 Å². The monoisotopic (exact) mass is 396 g/mol. The molecule has 3 aromatic rings. The van der Waals surface area contributed by atoms with Crippen LogP contribution in [0.25, 0.3) is 11.3 Å². The number of thiazole rings is 1. The molecular formula is C20H20N4O3S. The Morgan fingerprint density at radius 2 is 2.11 bits per heavy atom. The molecule has 2 aromatic heterocycles. The Labute approximate surface area is 166 Å². The molecule has 1 atom stereocenters. The highest BCUT2D eigenvalue weighted by Crippen LogP contribution is 2.24. The van der Waals surface area contributed by atoms with E-state index in [1.165, 1.54) is 6.39 Å². The van der Waals surface area contributed by atoms with Gasteiger partial charge >= 0.3 is 0 Å². The summed E-state index contributed by atoms with van der Waals surface area (Å²) >= 11 is 1.54. The molecule has 0 aliphatic carbocycles. The number of hydrogen-bond donors (Lipinski definition) is 1. The van der Waals surface area contributed by atoms with E-state index in [-0.39, 0.29) is 11.8 Å². The number of oxazole rings is 1. The van der Waals surface area contributed by atoms with Crippen molar-refractivity contribution in [2.45, 2.75) is 32.2 Å². The summed E-state index contributed by atoms with van der Waals surface area (Å²) < 4.78 is 5.26. The molecule has 28 heavy (non-hydrogen) atoms. The van der Waals surface area contributed by atoms with Crippen LogP contribution in [0.3, 0.4) is 0 Å². The molecule has 1 aliphatic rings. The minimum atomic E-state index is -0.507. The third-order valence-electron chi connectivity index (χ3n) is 4.86. The number of carbonyl (C=O) groups is 2. The lowest BCUT2D eigenvalue weighted by molar-refractivity contribution is -0.119. The van der Waals surface area contributed by atoms with Crippen LogP contribution < -0.4 is 5.32 Å². The van der Waals surface area contributed by atoms with Crippen LogP contribution in [0.2, 0.25) is 0 Å². The summed E-state index contributed by atoms with van der Waals surface area (Å²) in [4.78, 5) is 35.6. The predicted molar refractivity (Wildman–Crippen MR) is 106 cm³/mol. The van der Waals surface area contributed by atoms with E-state index >= 15 is 0 Å². The van der Waals surface area contributed by atoms with Crippen LogP contribution in [0, 0.1) is 0 Å². The lowest BCUT2D eigenvalue weighted by atomic mass is 10.1. The van der Waals surface area contributed by atoms with Gasteiger partial charge < -0.3 is 14.6 Å². The van der Waals surface area contributed by atoms with Gasteiger partial charge in [-0.05, 0) is 25.0 Å². The molecular weight excluding hydrogens is 376 g/mol. The van der Waals surface area contributed by atoms with Gasteiger partial charge in [0.15, 0.2) is 12.1 Å². The van der Waals surface area contributed by atoms with Gasteiger partial charge in [-0.1, -0.05) is 19.1 Å². The van der Waals surface area contributed by atoms with Crippen LogP contribution in [-0.4, -0.2) is 39.3 Å². The molecule has 144 valence electrons. The number of aromatic nitrogens is 2. The summed E-state index contributed by atoms with van der Waals surface area (Å²) in [6.07, 6.45) is 3.28. The van der Waals surface area contributed by atoms with Crippen molar-refractivity contribution in [2.75, 3.05) is 11.9 Å². The number of aryl methyl sites for hydroxylation is 1. The molecule has 0 radical (unpaired) electrons. The first-order valence-electron chi connectivity index (χ1n) is 9.20. The fraction of sp³-hybridized carbons (Fsp3) is 0.300. The van der Waals surface area contributed by atoms with Crippen molar-refractivity contribution in [3.8, 4) is 11.3 Å². The minimum absolute atomic E-state index is 0.186. The number of carbonyl (C=O) groups excluding carboxylic acids is 2. The number of rotatable bonds is 5. The largest absolute Gasteiger partial charge is 0.448 e. The summed E-state index contributed by atoms with van der Waals surface area (Å²) in [6, 6.07) is 7.03. The van der Waals surface area contributed by atoms with Gasteiger partial charge in [-0.2, -0.15) is 0 Å². The van der Waals surface area contributed by atoms with Crippen molar-refractivity contribution in [3.05, 3.63) is 53.0 Å². The van der Waals surface area contributed by atoms with E-state index in [0.717, 1.165) is 17.7 Å². The van der Waals surface area contributed by atoms with Crippen molar-refractivity contribution in [1.29, 1.82) is 0 Å². The number of benzene rings is 1. The average molecular weight is 396 g/mol. The summed E-state index contributed by atoms with van der Waals surface area (Å²) in [6.45, 7) is 2.44. The van der Waals surface area contributed by atoms with E-state index in [1.807, 2.05) is 36.6 Å². The Hall–Kier alpha value is -3.00. The summed E-state index contributed by atoms with van der Waals surface area (Å²) in [5, 5.41) is 4.90. The van der Waals surface area contributed by atoms with E-state index in [2.05, 4.69) is 15.3 Å². The number of amides is 2. The molecule has 1 aliphatic heterocycles. The van der Waals surface area contributed by atoms with Crippen LogP contribution in [0.1, 0.15) is 36.0 Å². The molecule has 7 nitrogen and oxygen atoms in total. The zero-order valence-electron chi connectivity index (χ0n) is 15.4. The first-order valence-corrected chi connectivity index (χ1v) is 10.1. The summed E-state index contributed by atoms with van der Waals surface area (Å²) in [5.41, 5.74) is 4.69. The van der Waals surface area contributed by atoms with Gasteiger partial charge in [0, 0.05) is 29.6 Å². The second-order valence-electron chi connectivity index (χ2n) is 6.57. The first-order chi connectivity index (χ1) is 13.7. The Balaban J connectivity index is 1.46. The lowest BCUT2D eigenvalue weighted by Crippen LogP contribution is -2.43.